The highest BCUT2D eigenvalue weighted by atomic mass is 35.5. The number of hydrogen-bond acceptors (Lipinski definition) is 5. The first kappa shape index (κ1) is 18.8. The summed E-state index contributed by atoms with van der Waals surface area (Å²) in [6.45, 7) is 2.41. The van der Waals surface area contributed by atoms with Crippen molar-refractivity contribution in [3.8, 4) is 11.4 Å². The second-order valence-corrected chi connectivity index (χ2v) is 6.54. The second-order valence-electron chi connectivity index (χ2n) is 6.13. The molecule has 1 amide bonds. The van der Waals surface area contributed by atoms with Crippen LogP contribution < -0.4 is 10.6 Å². The minimum absolute atomic E-state index is 0.118. The normalized spacial score (nSPS) is 10.9. The minimum atomic E-state index is -0.515. The van der Waals surface area contributed by atoms with Crippen LogP contribution in [0.25, 0.3) is 17.0 Å². The molecule has 0 saturated carbocycles. The van der Waals surface area contributed by atoms with Crippen LogP contribution in [-0.4, -0.2) is 32.0 Å². The number of aromatic nitrogens is 4. The number of halogens is 2. The molecule has 2 N–H and O–H groups in total. The van der Waals surface area contributed by atoms with Crippen molar-refractivity contribution in [3.63, 3.8) is 0 Å². The van der Waals surface area contributed by atoms with Crippen LogP contribution in [0.5, 0.6) is 0 Å². The zero-order valence-electron chi connectivity index (χ0n) is 15.4. The number of carbonyl (C=O) groups is 1. The van der Waals surface area contributed by atoms with Gasteiger partial charge >= 0.3 is 0 Å². The molecule has 0 fully saturated rings. The van der Waals surface area contributed by atoms with Gasteiger partial charge in [0.1, 0.15) is 5.82 Å². The molecule has 7 nitrogen and oxygen atoms in total. The third-order valence-electron chi connectivity index (χ3n) is 4.18. The first-order chi connectivity index (χ1) is 14.1. The summed E-state index contributed by atoms with van der Waals surface area (Å²) in [6, 6.07) is 13.0. The van der Waals surface area contributed by atoms with Crippen molar-refractivity contribution >= 4 is 34.8 Å². The van der Waals surface area contributed by atoms with E-state index in [2.05, 4.69) is 25.7 Å². The molecule has 0 aliphatic carbocycles. The predicted octanol–water partition coefficient (Wildman–Crippen LogP) is 4.08. The van der Waals surface area contributed by atoms with Gasteiger partial charge in [-0.2, -0.15) is 14.6 Å². The first-order valence-electron chi connectivity index (χ1n) is 8.88. The van der Waals surface area contributed by atoms with Gasteiger partial charge in [-0.1, -0.05) is 17.7 Å². The summed E-state index contributed by atoms with van der Waals surface area (Å²) in [4.78, 5) is 20.7. The second kappa shape index (κ2) is 7.84. The van der Waals surface area contributed by atoms with E-state index in [4.69, 9.17) is 11.6 Å². The third-order valence-corrected chi connectivity index (χ3v) is 4.50. The lowest BCUT2D eigenvalue weighted by atomic mass is 10.2. The predicted molar refractivity (Wildman–Crippen MR) is 109 cm³/mol. The van der Waals surface area contributed by atoms with E-state index in [1.54, 1.807) is 42.6 Å². The standard InChI is InChI=1S/C20H16ClFN6O/c1-2-23-19(29)12-6-8-13(9-7-12)25-20-27-18(26-16-10-11-24-28(16)20)17-14(21)4-3-5-15(17)22/h3-11H,2H2,1H3,(H,23,29)(H,25,26,27). The lowest BCUT2D eigenvalue weighted by Gasteiger charge is -2.11. The van der Waals surface area contributed by atoms with E-state index in [0.29, 0.717) is 29.4 Å². The van der Waals surface area contributed by atoms with E-state index in [1.165, 1.54) is 16.6 Å². The monoisotopic (exact) mass is 410 g/mol. The Balaban J connectivity index is 1.72. The van der Waals surface area contributed by atoms with Crippen molar-refractivity contribution in [2.24, 2.45) is 0 Å². The Morgan fingerprint density at radius 3 is 2.66 bits per heavy atom. The molecule has 0 saturated heterocycles. The number of rotatable bonds is 5. The molecule has 0 spiro atoms. The fourth-order valence-electron chi connectivity index (χ4n) is 2.83. The number of amides is 1. The highest BCUT2D eigenvalue weighted by Gasteiger charge is 2.16. The summed E-state index contributed by atoms with van der Waals surface area (Å²) in [5, 5.41) is 10.3. The quantitative estimate of drug-likeness (QED) is 0.518. The molecule has 0 aliphatic rings. The molecule has 9 heteroatoms. The number of carbonyl (C=O) groups excluding carboxylic acids is 1. The van der Waals surface area contributed by atoms with Crippen molar-refractivity contribution in [1.82, 2.24) is 24.9 Å². The number of fused-ring (bicyclic) bond motifs is 1. The van der Waals surface area contributed by atoms with Gasteiger partial charge in [-0.25, -0.2) is 9.37 Å². The van der Waals surface area contributed by atoms with Crippen molar-refractivity contribution in [1.29, 1.82) is 0 Å². The van der Waals surface area contributed by atoms with E-state index < -0.39 is 5.82 Å². The number of hydrogen-bond donors (Lipinski definition) is 2. The zero-order valence-corrected chi connectivity index (χ0v) is 16.1. The Kier molecular flexibility index (Phi) is 5.09. The van der Waals surface area contributed by atoms with E-state index in [0.717, 1.165) is 0 Å². The van der Waals surface area contributed by atoms with Gasteiger partial charge in [-0.15, -0.1) is 0 Å². The molecule has 4 aromatic rings. The van der Waals surface area contributed by atoms with Crippen molar-refractivity contribution in [2.75, 3.05) is 11.9 Å². The number of anilines is 2. The molecule has 0 unspecified atom stereocenters. The van der Waals surface area contributed by atoms with Gasteiger partial charge in [0.25, 0.3) is 5.91 Å². The van der Waals surface area contributed by atoms with Crippen LogP contribution in [0.4, 0.5) is 16.0 Å². The minimum Gasteiger partial charge on any atom is -0.352 e. The van der Waals surface area contributed by atoms with Crippen molar-refractivity contribution in [3.05, 3.63) is 71.1 Å². The molecule has 2 aromatic heterocycles. The van der Waals surface area contributed by atoms with Crippen molar-refractivity contribution < 1.29 is 9.18 Å². The van der Waals surface area contributed by atoms with Gasteiger partial charge in [-0.05, 0) is 43.3 Å². The van der Waals surface area contributed by atoms with Crippen LogP contribution in [0.15, 0.2) is 54.7 Å². The highest BCUT2D eigenvalue weighted by Crippen LogP contribution is 2.29. The topological polar surface area (TPSA) is 84.2 Å². The lowest BCUT2D eigenvalue weighted by Crippen LogP contribution is -2.22. The SMILES string of the molecule is CCNC(=O)c1ccc(Nc2nc(-c3c(F)cccc3Cl)nc3ccnn23)cc1. The highest BCUT2D eigenvalue weighted by molar-refractivity contribution is 6.33. The summed E-state index contributed by atoms with van der Waals surface area (Å²) in [6.07, 6.45) is 1.57. The molecule has 0 bridgehead atoms. The van der Waals surface area contributed by atoms with Gasteiger partial charge < -0.3 is 10.6 Å². The first-order valence-corrected chi connectivity index (χ1v) is 9.26. The summed E-state index contributed by atoms with van der Waals surface area (Å²) in [5.41, 5.74) is 1.82. The summed E-state index contributed by atoms with van der Waals surface area (Å²) >= 11 is 6.17. The van der Waals surface area contributed by atoms with E-state index >= 15 is 0 Å². The Morgan fingerprint density at radius 2 is 1.93 bits per heavy atom. The van der Waals surface area contributed by atoms with Gasteiger partial charge in [0.2, 0.25) is 5.95 Å². The van der Waals surface area contributed by atoms with Crippen LogP contribution in [0.1, 0.15) is 17.3 Å². The van der Waals surface area contributed by atoms with Crippen LogP contribution in [0, 0.1) is 5.82 Å². The molecule has 2 aromatic carbocycles. The number of nitrogens with one attached hydrogen (secondary N) is 2. The maximum atomic E-state index is 14.4. The molecular formula is C20H16ClFN6O. The number of benzene rings is 2. The summed E-state index contributed by atoms with van der Waals surface area (Å²) in [5.74, 6) is -0.187. The molecule has 0 atom stereocenters. The fraction of sp³-hybridized carbons (Fsp3) is 0.100. The summed E-state index contributed by atoms with van der Waals surface area (Å²) in [7, 11) is 0. The van der Waals surface area contributed by atoms with E-state index in [1.807, 2.05) is 6.92 Å². The maximum Gasteiger partial charge on any atom is 0.251 e. The Morgan fingerprint density at radius 1 is 1.14 bits per heavy atom. The molecule has 146 valence electrons. The number of nitrogens with zero attached hydrogens (tertiary/aromatic N) is 4. The smallest absolute Gasteiger partial charge is 0.251 e. The average Bonchev–Trinajstić information content (AvgIpc) is 3.18. The molecule has 0 radical (unpaired) electrons. The molecule has 0 aliphatic heterocycles. The molecular weight excluding hydrogens is 395 g/mol. The average molecular weight is 411 g/mol. The van der Waals surface area contributed by atoms with Gasteiger partial charge in [0, 0.05) is 23.9 Å². The van der Waals surface area contributed by atoms with Crippen molar-refractivity contribution in [2.45, 2.75) is 6.92 Å². The van der Waals surface area contributed by atoms with Crippen LogP contribution in [0.3, 0.4) is 0 Å². The maximum absolute atomic E-state index is 14.4. The molecule has 29 heavy (non-hydrogen) atoms. The Bertz CT molecular complexity index is 1170. The largest absolute Gasteiger partial charge is 0.352 e. The van der Waals surface area contributed by atoms with Crippen LogP contribution in [0.2, 0.25) is 5.02 Å². The van der Waals surface area contributed by atoms with E-state index in [9.17, 15) is 9.18 Å². The fourth-order valence-corrected chi connectivity index (χ4v) is 3.07. The van der Waals surface area contributed by atoms with Gasteiger partial charge in [0.05, 0.1) is 16.8 Å². The van der Waals surface area contributed by atoms with E-state index in [-0.39, 0.29) is 22.3 Å². The summed E-state index contributed by atoms with van der Waals surface area (Å²) < 4.78 is 15.9. The third kappa shape index (κ3) is 3.74. The van der Waals surface area contributed by atoms with Crippen LogP contribution >= 0.6 is 11.6 Å². The molecule has 4 rings (SSSR count). The molecule has 2 heterocycles. The lowest BCUT2D eigenvalue weighted by molar-refractivity contribution is 0.0956. The Labute approximate surface area is 170 Å². The van der Waals surface area contributed by atoms with Gasteiger partial charge in [0.15, 0.2) is 11.5 Å². The van der Waals surface area contributed by atoms with Gasteiger partial charge in [-0.3, -0.25) is 4.79 Å². The zero-order chi connectivity index (χ0) is 20.4. The Hall–Kier alpha value is -3.52. The van der Waals surface area contributed by atoms with Crippen LogP contribution in [-0.2, 0) is 0 Å².